The zero-order valence-corrected chi connectivity index (χ0v) is 11.0. The third-order valence-electron chi connectivity index (χ3n) is 3.00. The molecule has 2 N–H and O–H groups in total. The van der Waals surface area contributed by atoms with E-state index in [1.54, 1.807) is 0 Å². The molecule has 0 saturated carbocycles. The SMILES string of the molecule is Cc1ccc(CN2CCNCC2)c(O)c1Br. The highest BCUT2D eigenvalue weighted by atomic mass is 79.9. The summed E-state index contributed by atoms with van der Waals surface area (Å²) in [6.45, 7) is 6.97. The maximum atomic E-state index is 10.0. The van der Waals surface area contributed by atoms with E-state index in [1.807, 2.05) is 19.1 Å². The molecule has 1 fully saturated rings. The Morgan fingerprint density at radius 3 is 2.75 bits per heavy atom. The van der Waals surface area contributed by atoms with Crippen molar-refractivity contribution in [3.8, 4) is 5.75 Å². The van der Waals surface area contributed by atoms with Crippen LogP contribution in [0.15, 0.2) is 16.6 Å². The number of nitrogens with one attached hydrogen (secondary N) is 1. The van der Waals surface area contributed by atoms with Crippen molar-refractivity contribution in [3.05, 3.63) is 27.7 Å². The Morgan fingerprint density at radius 2 is 2.06 bits per heavy atom. The second-order valence-electron chi connectivity index (χ2n) is 4.23. The normalized spacial score (nSPS) is 17.6. The van der Waals surface area contributed by atoms with Gasteiger partial charge in [-0.05, 0) is 28.4 Å². The lowest BCUT2D eigenvalue weighted by molar-refractivity contribution is 0.230. The highest BCUT2D eigenvalue weighted by Gasteiger charge is 2.14. The van der Waals surface area contributed by atoms with E-state index in [2.05, 4.69) is 26.1 Å². The molecule has 1 aromatic rings. The predicted octanol–water partition coefficient (Wildman–Crippen LogP) is 1.87. The molecule has 1 aromatic carbocycles. The molecule has 16 heavy (non-hydrogen) atoms. The lowest BCUT2D eigenvalue weighted by Gasteiger charge is -2.27. The van der Waals surface area contributed by atoms with Crippen molar-refractivity contribution in [2.24, 2.45) is 0 Å². The average Bonchev–Trinajstić information content (AvgIpc) is 2.31. The van der Waals surface area contributed by atoms with Gasteiger partial charge in [0.2, 0.25) is 0 Å². The first-order chi connectivity index (χ1) is 7.68. The molecule has 1 aliphatic rings. The maximum absolute atomic E-state index is 10.0. The van der Waals surface area contributed by atoms with Crippen LogP contribution in [0.4, 0.5) is 0 Å². The molecule has 3 nitrogen and oxygen atoms in total. The molecule has 0 bridgehead atoms. The Balaban J connectivity index is 2.11. The summed E-state index contributed by atoms with van der Waals surface area (Å²) in [4.78, 5) is 2.35. The van der Waals surface area contributed by atoms with Crippen LogP contribution in [0.2, 0.25) is 0 Å². The summed E-state index contributed by atoms with van der Waals surface area (Å²) < 4.78 is 0.820. The van der Waals surface area contributed by atoms with E-state index in [4.69, 9.17) is 0 Å². The molecule has 1 heterocycles. The van der Waals surface area contributed by atoms with Gasteiger partial charge in [-0.3, -0.25) is 4.90 Å². The Labute approximate surface area is 105 Å². The zero-order chi connectivity index (χ0) is 11.5. The molecule has 4 heteroatoms. The van der Waals surface area contributed by atoms with Crippen molar-refractivity contribution in [1.29, 1.82) is 0 Å². The highest BCUT2D eigenvalue weighted by molar-refractivity contribution is 9.10. The fourth-order valence-corrected chi connectivity index (χ4v) is 2.33. The molecular weight excluding hydrogens is 268 g/mol. The fourth-order valence-electron chi connectivity index (χ4n) is 1.94. The first-order valence-corrected chi connectivity index (χ1v) is 6.38. The molecule has 1 aliphatic heterocycles. The Bertz CT molecular complexity index is 376. The molecule has 88 valence electrons. The van der Waals surface area contributed by atoms with Crippen molar-refractivity contribution in [1.82, 2.24) is 10.2 Å². The minimum Gasteiger partial charge on any atom is -0.506 e. The lowest BCUT2D eigenvalue weighted by atomic mass is 10.1. The van der Waals surface area contributed by atoms with E-state index in [0.29, 0.717) is 5.75 Å². The molecule has 2 rings (SSSR count). The summed E-state index contributed by atoms with van der Waals surface area (Å²) in [7, 11) is 0. The largest absolute Gasteiger partial charge is 0.506 e. The van der Waals surface area contributed by atoms with Gasteiger partial charge >= 0.3 is 0 Å². The summed E-state index contributed by atoms with van der Waals surface area (Å²) in [5.41, 5.74) is 2.07. The number of hydrogen-bond acceptors (Lipinski definition) is 3. The second kappa shape index (κ2) is 5.17. The van der Waals surface area contributed by atoms with Crippen LogP contribution < -0.4 is 5.32 Å². The topological polar surface area (TPSA) is 35.5 Å². The van der Waals surface area contributed by atoms with Crippen molar-refractivity contribution < 1.29 is 5.11 Å². The van der Waals surface area contributed by atoms with Crippen LogP contribution in [0.3, 0.4) is 0 Å². The molecule has 0 amide bonds. The van der Waals surface area contributed by atoms with Crippen molar-refractivity contribution >= 4 is 15.9 Å². The van der Waals surface area contributed by atoms with Gasteiger partial charge in [0.25, 0.3) is 0 Å². The molecule has 0 radical (unpaired) electrons. The van der Waals surface area contributed by atoms with Crippen molar-refractivity contribution in [3.63, 3.8) is 0 Å². The molecule has 0 spiro atoms. The summed E-state index contributed by atoms with van der Waals surface area (Å²) in [6, 6.07) is 4.05. The van der Waals surface area contributed by atoms with Crippen LogP contribution >= 0.6 is 15.9 Å². The number of piperazine rings is 1. The van der Waals surface area contributed by atoms with Gasteiger partial charge in [-0.1, -0.05) is 12.1 Å². The van der Waals surface area contributed by atoms with Gasteiger partial charge in [-0.25, -0.2) is 0 Å². The van der Waals surface area contributed by atoms with Crippen LogP contribution in [0, 0.1) is 6.92 Å². The second-order valence-corrected chi connectivity index (χ2v) is 5.02. The van der Waals surface area contributed by atoms with E-state index >= 15 is 0 Å². The van der Waals surface area contributed by atoms with E-state index in [-0.39, 0.29) is 0 Å². The van der Waals surface area contributed by atoms with Crippen LogP contribution in [0.1, 0.15) is 11.1 Å². The molecular formula is C12H17BrN2O. The van der Waals surface area contributed by atoms with Crippen molar-refractivity contribution in [2.75, 3.05) is 26.2 Å². The highest BCUT2D eigenvalue weighted by Crippen LogP contribution is 2.31. The Kier molecular flexibility index (Phi) is 3.84. The predicted molar refractivity (Wildman–Crippen MR) is 68.7 cm³/mol. The van der Waals surface area contributed by atoms with Gasteiger partial charge in [0, 0.05) is 38.3 Å². The van der Waals surface area contributed by atoms with E-state index in [0.717, 1.165) is 48.3 Å². The summed E-state index contributed by atoms with van der Waals surface area (Å²) >= 11 is 3.41. The third kappa shape index (κ3) is 2.56. The Hall–Kier alpha value is -0.580. The monoisotopic (exact) mass is 284 g/mol. The number of aryl methyl sites for hydroxylation is 1. The van der Waals surface area contributed by atoms with E-state index in [1.165, 1.54) is 0 Å². The number of halogens is 1. The van der Waals surface area contributed by atoms with Gasteiger partial charge in [0.15, 0.2) is 0 Å². The smallest absolute Gasteiger partial charge is 0.134 e. The van der Waals surface area contributed by atoms with Crippen LogP contribution in [0.5, 0.6) is 5.75 Å². The molecule has 0 aromatic heterocycles. The van der Waals surface area contributed by atoms with Crippen LogP contribution in [-0.4, -0.2) is 36.2 Å². The molecule has 0 atom stereocenters. The standard InChI is InChI=1S/C12H17BrN2O/c1-9-2-3-10(12(16)11(9)13)8-15-6-4-14-5-7-15/h2-3,14,16H,4-8H2,1H3. The summed E-state index contributed by atoms with van der Waals surface area (Å²) in [5, 5.41) is 13.3. The van der Waals surface area contributed by atoms with Crippen molar-refractivity contribution in [2.45, 2.75) is 13.5 Å². The van der Waals surface area contributed by atoms with Gasteiger partial charge in [-0.2, -0.15) is 0 Å². The zero-order valence-electron chi connectivity index (χ0n) is 9.46. The number of nitrogens with zero attached hydrogens (tertiary/aromatic N) is 1. The van der Waals surface area contributed by atoms with Crippen LogP contribution in [0.25, 0.3) is 0 Å². The van der Waals surface area contributed by atoms with Gasteiger partial charge in [0.05, 0.1) is 4.47 Å². The minimum absolute atomic E-state index is 0.388. The number of benzene rings is 1. The van der Waals surface area contributed by atoms with Gasteiger partial charge in [-0.15, -0.1) is 0 Å². The lowest BCUT2D eigenvalue weighted by Crippen LogP contribution is -2.42. The number of aromatic hydroxyl groups is 1. The van der Waals surface area contributed by atoms with Gasteiger partial charge < -0.3 is 10.4 Å². The minimum atomic E-state index is 0.388. The summed E-state index contributed by atoms with van der Waals surface area (Å²) in [6.07, 6.45) is 0. The van der Waals surface area contributed by atoms with E-state index < -0.39 is 0 Å². The van der Waals surface area contributed by atoms with Crippen LogP contribution in [-0.2, 0) is 6.54 Å². The average molecular weight is 285 g/mol. The van der Waals surface area contributed by atoms with E-state index in [9.17, 15) is 5.11 Å². The fraction of sp³-hybridized carbons (Fsp3) is 0.500. The number of phenols is 1. The summed E-state index contributed by atoms with van der Waals surface area (Å²) in [5.74, 6) is 0.388. The Morgan fingerprint density at radius 1 is 1.38 bits per heavy atom. The molecule has 0 unspecified atom stereocenters. The third-order valence-corrected chi connectivity index (χ3v) is 4.00. The first-order valence-electron chi connectivity index (χ1n) is 5.58. The quantitative estimate of drug-likeness (QED) is 0.870. The molecule has 0 aliphatic carbocycles. The number of rotatable bonds is 2. The molecule has 1 saturated heterocycles. The number of hydrogen-bond donors (Lipinski definition) is 2. The maximum Gasteiger partial charge on any atom is 0.134 e. The van der Waals surface area contributed by atoms with Gasteiger partial charge in [0.1, 0.15) is 5.75 Å². The number of phenolic OH excluding ortho intramolecular Hbond substituents is 1. The first kappa shape index (κ1) is 11.9.